The van der Waals surface area contributed by atoms with Gasteiger partial charge in [-0.05, 0) is 6.42 Å². The third kappa shape index (κ3) is 8.61. The van der Waals surface area contributed by atoms with Crippen molar-refractivity contribution >= 4 is 5.78 Å². The lowest BCUT2D eigenvalue weighted by molar-refractivity contribution is -0.403. The van der Waals surface area contributed by atoms with Gasteiger partial charge in [0.2, 0.25) is 0 Å². The monoisotopic (exact) mass is 214 g/mol. The van der Waals surface area contributed by atoms with Gasteiger partial charge in [0.25, 0.3) is 0 Å². The third-order valence-electron chi connectivity index (χ3n) is 2.97. The number of ketones is 1. The van der Waals surface area contributed by atoms with Crippen molar-refractivity contribution in [3.63, 3.8) is 0 Å². The molecule has 15 heavy (non-hydrogen) atoms. The molecule has 0 aromatic rings. The first-order valence-corrected chi connectivity index (χ1v) is 6.58. The molecule has 0 saturated carbocycles. The molecule has 1 atom stereocenters. The molecule has 0 aliphatic heterocycles. The third-order valence-corrected chi connectivity index (χ3v) is 2.97. The molecule has 0 fully saturated rings. The van der Waals surface area contributed by atoms with Crippen LogP contribution < -0.4 is 5.73 Å². The molecule has 2 nitrogen and oxygen atoms in total. The number of Topliss-reactive ketones (excluding diaryl/α,β-unsaturated/α-hetero) is 1. The van der Waals surface area contributed by atoms with E-state index in [1.807, 2.05) is 6.92 Å². The van der Waals surface area contributed by atoms with Crippen LogP contribution in [0.15, 0.2) is 0 Å². The highest BCUT2D eigenvalue weighted by atomic mass is 16.1. The summed E-state index contributed by atoms with van der Waals surface area (Å²) in [7, 11) is 0. The Kier molecular flexibility index (Phi) is 9.91. The molecule has 1 unspecified atom stereocenters. The van der Waals surface area contributed by atoms with Gasteiger partial charge in [0.15, 0.2) is 5.78 Å². The fraction of sp³-hybridized carbons (Fsp3) is 0.923. The van der Waals surface area contributed by atoms with Crippen LogP contribution in [0.5, 0.6) is 0 Å². The van der Waals surface area contributed by atoms with Crippen molar-refractivity contribution in [2.24, 2.45) is 0 Å². The van der Waals surface area contributed by atoms with Crippen LogP contribution in [0, 0.1) is 0 Å². The van der Waals surface area contributed by atoms with E-state index in [4.69, 9.17) is 0 Å². The summed E-state index contributed by atoms with van der Waals surface area (Å²) in [6.45, 7) is 4.26. The van der Waals surface area contributed by atoms with Crippen LogP contribution in [0.3, 0.4) is 0 Å². The fourth-order valence-corrected chi connectivity index (χ4v) is 1.69. The molecule has 0 amide bonds. The Morgan fingerprint density at radius 1 is 1.00 bits per heavy atom. The second kappa shape index (κ2) is 10.2. The highest BCUT2D eigenvalue weighted by Crippen LogP contribution is 2.09. The minimum atomic E-state index is 0.0325. The van der Waals surface area contributed by atoms with Crippen molar-refractivity contribution in [3.8, 4) is 0 Å². The highest BCUT2D eigenvalue weighted by molar-refractivity contribution is 5.82. The minimum absolute atomic E-state index is 0.0325. The Morgan fingerprint density at radius 3 is 2.07 bits per heavy atom. The Labute approximate surface area is 94.6 Å². The van der Waals surface area contributed by atoms with Crippen molar-refractivity contribution in [1.82, 2.24) is 0 Å². The summed E-state index contributed by atoms with van der Waals surface area (Å²) in [5.41, 5.74) is 3.85. The summed E-state index contributed by atoms with van der Waals surface area (Å²) in [4.78, 5) is 11.4. The first kappa shape index (κ1) is 14.6. The Morgan fingerprint density at radius 2 is 1.53 bits per heavy atom. The van der Waals surface area contributed by atoms with E-state index < -0.39 is 0 Å². The second-order valence-corrected chi connectivity index (χ2v) is 4.44. The molecule has 0 aromatic carbocycles. The van der Waals surface area contributed by atoms with E-state index in [2.05, 4.69) is 12.7 Å². The summed E-state index contributed by atoms with van der Waals surface area (Å²) in [5, 5.41) is 0. The summed E-state index contributed by atoms with van der Waals surface area (Å²) in [5.74, 6) is 0.353. The number of carbonyl (C=O) groups excluding carboxylic acids is 1. The predicted octanol–water partition coefficient (Wildman–Crippen LogP) is 2.72. The zero-order valence-corrected chi connectivity index (χ0v) is 10.6. The summed E-state index contributed by atoms with van der Waals surface area (Å²) in [6, 6.07) is 0.0325. The molecular formula is C13H28NO+. The number of unbranched alkanes of at least 4 members (excludes halogenated alkanes) is 6. The molecule has 0 bridgehead atoms. The largest absolute Gasteiger partial charge is 0.349 e. The van der Waals surface area contributed by atoms with Gasteiger partial charge in [-0.25, -0.2) is 0 Å². The Bertz CT molecular complexity index is 157. The summed E-state index contributed by atoms with van der Waals surface area (Å²) in [6.07, 6.45) is 10.6. The summed E-state index contributed by atoms with van der Waals surface area (Å²) < 4.78 is 0. The van der Waals surface area contributed by atoms with Gasteiger partial charge >= 0.3 is 0 Å². The molecule has 0 aromatic heterocycles. The van der Waals surface area contributed by atoms with E-state index in [-0.39, 0.29) is 6.04 Å². The lowest BCUT2D eigenvalue weighted by Crippen LogP contribution is -2.64. The molecule has 3 N–H and O–H groups in total. The first-order valence-electron chi connectivity index (χ1n) is 6.58. The molecule has 0 aliphatic rings. The molecule has 0 radical (unpaired) electrons. The van der Waals surface area contributed by atoms with Gasteiger partial charge < -0.3 is 5.73 Å². The lowest BCUT2D eigenvalue weighted by atomic mass is 10.0. The van der Waals surface area contributed by atoms with E-state index >= 15 is 0 Å². The Balaban J connectivity index is 3.20. The Hall–Kier alpha value is -0.370. The zero-order valence-electron chi connectivity index (χ0n) is 10.6. The summed E-state index contributed by atoms with van der Waals surface area (Å²) >= 11 is 0. The number of carbonyl (C=O) groups is 1. The standard InChI is InChI=1S/C13H27NO/c1-3-5-6-7-8-9-10-11-13(15)12(14)4-2/h12H,3-11,14H2,1-2H3/p+1. The van der Waals surface area contributed by atoms with Gasteiger partial charge in [-0.1, -0.05) is 52.4 Å². The topological polar surface area (TPSA) is 44.7 Å². The van der Waals surface area contributed by atoms with Crippen LogP contribution in [0.25, 0.3) is 0 Å². The van der Waals surface area contributed by atoms with Crippen LogP contribution in [0.4, 0.5) is 0 Å². The van der Waals surface area contributed by atoms with Crippen LogP contribution in [0.1, 0.15) is 71.6 Å². The second-order valence-electron chi connectivity index (χ2n) is 4.44. The van der Waals surface area contributed by atoms with E-state index in [1.54, 1.807) is 0 Å². The average molecular weight is 214 g/mol. The SMILES string of the molecule is CCCCCCCCCC(=O)C([NH3+])CC. The maximum atomic E-state index is 11.4. The first-order chi connectivity index (χ1) is 7.22. The molecule has 0 aliphatic carbocycles. The molecule has 0 rings (SSSR count). The minimum Gasteiger partial charge on any atom is -0.349 e. The van der Waals surface area contributed by atoms with E-state index in [1.165, 1.54) is 38.5 Å². The quantitative estimate of drug-likeness (QED) is 0.558. The molecule has 0 saturated heterocycles. The van der Waals surface area contributed by atoms with Gasteiger partial charge in [-0.15, -0.1) is 0 Å². The van der Waals surface area contributed by atoms with Crippen molar-refractivity contribution < 1.29 is 10.5 Å². The van der Waals surface area contributed by atoms with Crippen molar-refractivity contribution in [2.75, 3.05) is 0 Å². The van der Waals surface area contributed by atoms with Crippen molar-refractivity contribution in [3.05, 3.63) is 0 Å². The van der Waals surface area contributed by atoms with Gasteiger partial charge in [0.05, 0.1) is 0 Å². The normalized spacial score (nSPS) is 12.7. The number of rotatable bonds is 10. The zero-order chi connectivity index (χ0) is 11.5. The van der Waals surface area contributed by atoms with E-state index in [9.17, 15) is 4.79 Å². The van der Waals surface area contributed by atoms with Crippen molar-refractivity contribution in [2.45, 2.75) is 77.7 Å². The van der Waals surface area contributed by atoms with Gasteiger partial charge in [0, 0.05) is 12.8 Å². The highest BCUT2D eigenvalue weighted by Gasteiger charge is 2.13. The molecule has 0 spiro atoms. The van der Waals surface area contributed by atoms with Crippen LogP contribution in [-0.4, -0.2) is 11.8 Å². The maximum Gasteiger partial charge on any atom is 0.189 e. The van der Waals surface area contributed by atoms with E-state index in [0.717, 1.165) is 19.3 Å². The molecular weight excluding hydrogens is 186 g/mol. The smallest absolute Gasteiger partial charge is 0.189 e. The van der Waals surface area contributed by atoms with Gasteiger partial charge in [-0.2, -0.15) is 0 Å². The molecule has 0 heterocycles. The predicted molar refractivity (Wildman–Crippen MR) is 64.6 cm³/mol. The number of hydrogen-bond donors (Lipinski definition) is 1. The fourth-order valence-electron chi connectivity index (χ4n) is 1.69. The van der Waals surface area contributed by atoms with Crippen LogP contribution >= 0.6 is 0 Å². The maximum absolute atomic E-state index is 11.4. The average Bonchev–Trinajstić information content (AvgIpc) is 2.26. The van der Waals surface area contributed by atoms with Crippen LogP contribution in [-0.2, 0) is 4.79 Å². The van der Waals surface area contributed by atoms with Gasteiger partial charge in [-0.3, -0.25) is 4.79 Å². The van der Waals surface area contributed by atoms with E-state index in [0.29, 0.717) is 5.78 Å². The van der Waals surface area contributed by atoms with Gasteiger partial charge in [0.1, 0.15) is 6.04 Å². The molecule has 2 heteroatoms. The lowest BCUT2D eigenvalue weighted by Gasteiger charge is -2.04. The number of quaternary nitrogens is 1. The molecule has 90 valence electrons. The number of hydrogen-bond acceptors (Lipinski definition) is 1. The van der Waals surface area contributed by atoms with Crippen LogP contribution in [0.2, 0.25) is 0 Å². The van der Waals surface area contributed by atoms with Crippen molar-refractivity contribution in [1.29, 1.82) is 0 Å².